The van der Waals surface area contributed by atoms with Crippen molar-refractivity contribution < 1.29 is 14.5 Å². The van der Waals surface area contributed by atoms with Crippen molar-refractivity contribution >= 4 is 23.3 Å². The first kappa shape index (κ1) is 19.1. The first-order valence-electron chi connectivity index (χ1n) is 8.82. The lowest BCUT2D eigenvalue weighted by molar-refractivity contribution is -0.384. The monoisotopic (exact) mass is 380 g/mol. The van der Waals surface area contributed by atoms with Crippen molar-refractivity contribution in [2.75, 3.05) is 5.32 Å². The molecule has 28 heavy (non-hydrogen) atoms. The number of urea groups is 1. The average molecular weight is 380 g/mol. The molecule has 0 bridgehead atoms. The van der Waals surface area contributed by atoms with Crippen LogP contribution in [0.4, 0.5) is 16.2 Å². The second kappa shape index (κ2) is 7.91. The smallest absolute Gasteiger partial charge is 0.319 e. The van der Waals surface area contributed by atoms with Gasteiger partial charge in [-0.1, -0.05) is 31.2 Å². The van der Waals surface area contributed by atoms with Gasteiger partial charge in [-0.3, -0.25) is 14.9 Å². The standard InChI is InChI=1S/C20H20N4O4/c1-3-13-4-6-14(7-5-13)18-17(12(2)21-20(26)23-18)19(25)22-15-8-10-16(11-9-15)24(27)28/h4-11,18H,3H2,1-2H3,(H,22,25)(H2,21,23,26). The van der Waals surface area contributed by atoms with Gasteiger partial charge in [0.1, 0.15) is 0 Å². The third-order valence-electron chi connectivity index (χ3n) is 4.57. The molecule has 3 amide bonds. The molecule has 0 aromatic heterocycles. The number of benzene rings is 2. The van der Waals surface area contributed by atoms with E-state index in [4.69, 9.17) is 0 Å². The summed E-state index contributed by atoms with van der Waals surface area (Å²) in [6.07, 6.45) is 0.890. The molecule has 0 saturated heterocycles. The molecule has 2 aromatic rings. The van der Waals surface area contributed by atoms with Gasteiger partial charge in [-0.05, 0) is 36.6 Å². The molecule has 0 aliphatic carbocycles. The second-order valence-corrected chi connectivity index (χ2v) is 6.42. The summed E-state index contributed by atoms with van der Waals surface area (Å²) in [6.45, 7) is 3.71. The van der Waals surface area contributed by atoms with Crippen LogP contribution in [0.3, 0.4) is 0 Å². The number of nitro benzene ring substituents is 1. The first-order valence-corrected chi connectivity index (χ1v) is 8.82. The number of nitrogens with one attached hydrogen (secondary N) is 3. The molecule has 0 fully saturated rings. The molecule has 0 spiro atoms. The molecule has 144 valence electrons. The number of carbonyl (C=O) groups is 2. The van der Waals surface area contributed by atoms with Gasteiger partial charge >= 0.3 is 6.03 Å². The lowest BCUT2D eigenvalue weighted by Gasteiger charge is -2.28. The summed E-state index contributed by atoms with van der Waals surface area (Å²) < 4.78 is 0. The molecule has 0 saturated carbocycles. The summed E-state index contributed by atoms with van der Waals surface area (Å²) in [4.78, 5) is 35.1. The number of rotatable bonds is 5. The van der Waals surface area contributed by atoms with E-state index in [1.54, 1.807) is 6.92 Å². The number of aryl methyl sites for hydroxylation is 1. The van der Waals surface area contributed by atoms with Crippen LogP contribution < -0.4 is 16.0 Å². The van der Waals surface area contributed by atoms with Crippen LogP contribution in [0.1, 0.15) is 31.0 Å². The van der Waals surface area contributed by atoms with Gasteiger partial charge in [0, 0.05) is 23.5 Å². The highest BCUT2D eigenvalue weighted by atomic mass is 16.6. The molecule has 3 rings (SSSR count). The predicted molar refractivity (Wildman–Crippen MR) is 105 cm³/mol. The van der Waals surface area contributed by atoms with E-state index in [1.807, 2.05) is 24.3 Å². The fraction of sp³-hybridized carbons (Fsp3) is 0.200. The van der Waals surface area contributed by atoms with Gasteiger partial charge in [-0.25, -0.2) is 4.79 Å². The van der Waals surface area contributed by atoms with Crippen LogP contribution in [-0.4, -0.2) is 16.9 Å². The van der Waals surface area contributed by atoms with Crippen LogP contribution in [0.15, 0.2) is 59.8 Å². The van der Waals surface area contributed by atoms with E-state index in [0.717, 1.165) is 17.5 Å². The quantitative estimate of drug-likeness (QED) is 0.545. The molecule has 1 atom stereocenters. The average Bonchev–Trinajstić information content (AvgIpc) is 2.67. The molecule has 8 heteroatoms. The number of amides is 3. The number of hydrogen-bond acceptors (Lipinski definition) is 4. The molecule has 0 radical (unpaired) electrons. The minimum atomic E-state index is -0.599. The molecule has 8 nitrogen and oxygen atoms in total. The zero-order valence-corrected chi connectivity index (χ0v) is 15.5. The van der Waals surface area contributed by atoms with Crippen molar-refractivity contribution in [3.05, 3.63) is 81.0 Å². The van der Waals surface area contributed by atoms with Crippen molar-refractivity contribution in [1.29, 1.82) is 0 Å². The number of nitrogens with zero attached hydrogens (tertiary/aromatic N) is 1. The van der Waals surface area contributed by atoms with Crippen LogP contribution in [0.5, 0.6) is 0 Å². The van der Waals surface area contributed by atoms with E-state index < -0.39 is 16.9 Å². The highest BCUT2D eigenvalue weighted by Gasteiger charge is 2.31. The maximum atomic E-state index is 12.9. The number of non-ortho nitro benzene ring substituents is 1. The number of hydrogen-bond donors (Lipinski definition) is 3. The summed E-state index contributed by atoms with van der Waals surface area (Å²) >= 11 is 0. The molecule has 3 N–H and O–H groups in total. The van der Waals surface area contributed by atoms with Crippen LogP contribution >= 0.6 is 0 Å². The van der Waals surface area contributed by atoms with Crippen molar-refractivity contribution in [3.63, 3.8) is 0 Å². The van der Waals surface area contributed by atoms with Gasteiger partial charge in [0.15, 0.2) is 0 Å². The number of anilines is 1. The first-order chi connectivity index (χ1) is 13.4. The molecule has 2 aromatic carbocycles. The van der Waals surface area contributed by atoms with Crippen molar-refractivity contribution in [3.8, 4) is 0 Å². The molecular formula is C20H20N4O4. The zero-order valence-electron chi connectivity index (χ0n) is 15.5. The summed E-state index contributed by atoms with van der Waals surface area (Å²) in [6, 6.07) is 12.3. The maximum absolute atomic E-state index is 12.9. The zero-order chi connectivity index (χ0) is 20.3. The van der Waals surface area contributed by atoms with Gasteiger partial charge in [0.05, 0.1) is 16.5 Å². The molecule has 1 unspecified atom stereocenters. The third kappa shape index (κ3) is 4.01. The van der Waals surface area contributed by atoms with E-state index in [0.29, 0.717) is 17.0 Å². The maximum Gasteiger partial charge on any atom is 0.319 e. The van der Waals surface area contributed by atoms with Gasteiger partial charge < -0.3 is 16.0 Å². The van der Waals surface area contributed by atoms with Gasteiger partial charge in [-0.2, -0.15) is 0 Å². The van der Waals surface area contributed by atoms with E-state index in [2.05, 4.69) is 22.9 Å². The Labute approximate surface area is 161 Å². The van der Waals surface area contributed by atoms with Crippen molar-refractivity contribution in [1.82, 2.24) is 10.6 Å². The Morgan fingerprint density at radius 3 is 2.36 bits per heavy atom. The van der Waals surface area contributed by atoms with Gasteiger partial charge in [0.2, 0.25) is 0 Å². The summed E-state index contributed by atoms with van der Waals surface area (Å²) in [7, 11) is 0. The van der Waals surface area contributed by atoms with Gasteiger partial charge in [0.25, 0.3) is 11.6 Å². The Morgan fingerprint density at radius 2 is 1.79 bits per heavy atom. The van der Waals surface area contributed by atoms with Crippen LogP contribution in [-0.2, 0) is 11.2 Å². The van der Waals surface area contributed by atoms with Gasteiger partial charge in [-0.15, -0.1) is 0 Å². The fourth-order valence-corrected chi connectivity index (χ4v) is 3.06. The molecule has 1 heterocycles. The van der Waals surface area contributed by atoms with E-state index in [-0.39, 0.29) is 11.7 Å². The highest BCUT2D eigenvalue weighted by Crippen LogP contribution is 2.28. The molecule has 1 aliphatic rings. The normalized spacial score (nSPS) is 16.2. The lowest BCUT2D eigenvalue weighted by Crippen LogP contribution is -2.45. The minimum absolute atomic E-state index is 0.0612. The Bertz CT molecular complexity index is 949. The molecule has 1 aliphatic heterocycles. The highest BCUT2D eigenvalue weighted by molar-refractivity contribution is 6.06. The lowest BCUT2D eigenvalue weighted by atomic mass is 9.94. The SMILES string of the molecule is CCc1ccc(C2NC(=O)NC(C)=C2C(=O)Nc2ccc([N+](=O)[O-])cc2)cc1. The Hall–Kier alpha value is -3.68. The van der Waals surface area contributed by atoms with E-state index in [9.17, 15) is 19.7 Å². The van der Waals surface area contributed by atoms with E-state index >= 15 is 0 Å². The largest absolute Gasteiger partial charge is 0.327 e. The summed E-state index contributed by atoms with van der Waals surface area (Å²) in [5, 5.41) is 18.9. The summed E-state index contributed by atoms with van der Waals surface area (Å²) in [5.74, 6) is -0.400. The van der Waals surface area contributed by atoms with Crippen LogP contribution in [0.2, 0.25) is 0 Å². The van der Waals surface area contributed by atoms with Crippen molar-refractivity contribution in [2.45, 2.75) is 26.3 Å². The van der Waals surface area contributed by atoms with E-state index in [1.165, 1.54) is 24.3 Å². The number of carbonyl (C=O) groups excluding carboxylic acids is 2. The Balaban J connectivity index is 1.88. The Kier molecular flexibility index (Phi) is 5.39. The number of nitro groups is 1. The third-order valence-corrected chi connectivity index (χ3v) is 4.57. The van der Waals surface area contributed by atoms with Crippen molar-refractivity contribution in [2.24, 2.45) is 0 Å². The van der Waals surface area contributed by atoms with Crippen LogP contribution in [0.25, 0.3) is 0 Å². The summed E-state index contributed by atoms with van der Waals surface area (Å²) in [5.41, 5.74) is 3.14. The molecular weight excluding hydrogens is 360 g/mol. The van der Waals surface area contributed by atoms with Crippen LogP contribution in [0, 0.1) is 10.1 Å². The second-order valence-electron chi connectivity index (χ2n) is 6.42. The topological polar surface area (TPSA) is 113 Å². The number of allylic oxidation sites excluding steroid dienone is 1. The predicted octanol–water partition coefficient (Wildman–Crippen LogP) is 3.42. The Morgan fingerprint density at radius 1 is 1.14 bits per heavy atom. The minimum Gasteiger partial charge on any atom is -0.327 e. The fourth-order valence-electron chi connectivity index (χ4n) is 3.06.